The van der Waals surface area contributed by atoms with Gasteiger partial charge in [0.2, 0.25) is 5.82 Å². The van der Waals surface area contributed by atoms with E-state index in [2.05, 4.69) is 62.9 Å². The molecule has 7 nitrogen and oxygen atoms in total. The Morgan fingerprint density at radius 2 is 1.82 bits per heavy atom. The summed E-state index contributed by atoms with van der Waals surface area (Å²) >= 11 is 0. The first-order valence-electron chi connectivity index (χ1n) is 9.11. The number of H-pyrrole nitrogens is 1. The zero-order chi connectivity index (χ0) is 19.1. The van der Waals surface area contributed by atoms with Crippen LogP contribution in [0, 0.1) is 13.8 Å². The van der Waals surface area contributed by atoms with Gasteiger partial charge in [-0.15, -0.1) is 24.0 Å². The number of aromatic nitrogens is 3. The summed E-state index contributed by atoms with van der Waals surface area (Å²) < 4.78 is 5.30. The van der Waals surface area contributed by atoms with Gasteiger partial charge in [-0.05, 0) is 38.0 Å². The monoisotopic (exact) mass is 494 g/mol. The third kappa shape index (κ3) is 6.36. The van der Waals surface area contributed by atoms with Crippen molar-refractivity contribution in [2.75, 3.05) is 20.1 Å². The number of aromatic amines is 1. The zero-order valence-corrected chi connectivity index (χ0v) is 18.8. The molecule has 0 radical (unpaired) electrons. The van der Waals surface area contributed by atoms with Crippen LogP contribution in [0.15, 0.2) is 46.0 Å². The van der Waals surface area contributed by atoms with E-state index in [4.69, 9.17) is 4.42 Å². The quantitative estimate of drug-likeness (QED) is 0.267. The van der Waals surface area contributed by atoms with Crippen LogP contribution >= 0.6 is 24.0 Å². The molecule has 3 rings (SSSR count). The van der Waals surface area contributed by atoms with Gasteiger partial charge in [0.15, 0.2) is 11.7 Å². The Hall–Kier alpha value is -2.36. The highest BCUT2D eigenvalue weighted by Gasteiger charge is 2.08. The molecule has 0 atom stereocenters. The van der Waals surface area contributed by atoms with Gasteiger partial charge in [0, 0.05) is 26.6 Å². The summed E-state index contributed by atoms with van der Waals surface area (Å²) in [7, 11) is 1.77. The Labute approximate surface area is 182 Å². The maximum Gasteiger partial charge on any atom is 0.216 e. The lowest BCUT2D eigenvalue weighted by Crippen LogP contribution is -2.39. The van der Waals surface area contributed by atoms with Crippen LogP contribution in [-0.2, 0) is 12.8 Å². The second-order valence-electron chi connectivity index (χ2n) is 6.50. The highest BCUT2D eigenvalue weighted by molar-refractivity contribution is 14.0. The summed E-state index contributed by atoms with van der Waals surface area (Å²) in [6.45, 7) is 5.79. The predicted molar refractivity (Wildman–Crippen MR) is 122 cm³/mol. The van der Waals surface area contributed by atoms with Gasteiger partial charge in [-0.1, -0.05) is 29.3 Å². The van der Waals surface area contributed by atoms with E-state index >= 15 is 0 Å². The van der Waals surface area contributed by atoms with Crippen molar-refractivity contribution in [3.05, 3.63) is 59.1 Å². The number of aliphatic imine (C=N–C) groups is 1. The number of halogens is 1. The molecule has 28 heavy (non-hydrogen) atoms. The van der Waals surface area contributed by atoms with E-state index in [9.17, 15) is 0 Å². The third-order valence-corrected chi connectivity index (χ3v) is 4.14. The van der Waals surface area contributed by atoms with E-state index in [1.54, 1.807) is 13.3 Å². The van der Waals surface area contributed by atoms with E-state index in [0.717, 1.165) is 24.7 Å². The van der Waals surface area contributed by atoms with Crippen molar-refractivity contribution in [3.8, 4) is 11.6 Å². The van der Waals surface area contributed by atoms with Crippen LogP contribution < -0.4 is 10.6 Å². The fourth-order valence-electron chi connectivity index (χ4n) is 2.98. The van der Waals surface area contributed by atoms with Gasteiger partial charge >= 0.3 is 0 Å². The number of hydrogen-bond acceptors (Lipinski definition) is 4. The zero-order valence-electron chi connectivity index (χ0n) is 16.5. The molecular weight excluding hydrogens is 467 g/mol. The first-order valence-corrected chi connectivity index (χ1v) is 9.11. The summed E-state index contributed by atoms with van der Waals surface area (Å²) in [6.07, 6.45) is 3.28. The molecule has 2 aromatic heterocycles. The molecule has 1 aromatic carbocycles. The minimum Gasteiger partial charge on any atom is -0.461 e. The number of nitrogens with one attached hydrogen (secondary N) is 3. The van der Waals surface area contributed by atoms with Gasteiger partial charge in [-0.2, -0.15) is 5.10 Å². The van der Waals surface area contributed by atoms with Crippen LogP contribution in [0.4, 0.5) is 0 Å². The molecule has 0 aliphatic carbocycles. The van der Waals surface area contributed by atoms with Gasteiger partial charge in [0.1, 0.15) is 5.82 Å². The first kappa shape index (κ1) is 21.9. The van der Waals surface area contributed by atoms with Crippen molar-refractivity contribution in [2.24, 2.45) is 4.99 Å². The second kappa shape index (κ2) is 10.8. The number of rotatable bonds is 7. The Morgan fingerprint density at radius 3 is 2.46 bits per heavy atom. The standard InChI is InChI=1S/C20H26N6O.HI/c1-14-11-15(2)13-16(12-14)6-8-22-20(21-3)23-9-7-18-24-19(26-25-18)17-5-4-10-27-17;/h4-5,10-13H,6-9H2,1-3H3,(H2,21,22,23)(H,24,25,26);1H. The van der Waals surface area contributed by atoms with Gasteiger partial charge in [0.25, 0.3) is 0 Å². The minimum absolute atomic E-state index is 0. The number of guanidine groups is 1. The average Bonchev–Trinajstić information content (AvgIpc) is 3.31. The van der Waals surface area contributed by atoms with E-state index in [1.165, 1.54) is 16.7 Å². The van der Waals surface area contributed by atoms with Crippen LogP contribution in [0.25, 0.3) is 11.6 Å². The summed E-state index contributed by atoms with van der Waals surface area (Å²) in [5, 5.41) is 13.8. The number of nitrogens with zero attached hydrogens (tertiary/aromatic N) is 3. The first-order chi connectivity index (χ1) is 13.1. The lowest BCUT2D eigenvalue weighted by atomic mass is 10.1. The Kier molecular flexibility index (Phi) is 8.49. The molecule has 0 aliphatic heterocycles. The molecule has 0 spiro atoms. The Balaban J connectivity index is 0.00000280. The van der Waals surface area contributed by atoms with Crippen LogP contribution in [0.3, 0.4) is 0 Å². The topological polar surface area (TPSA) is 91.1 Å². The van der Waals surface area contributed by atoms with Crippen LogP contribution in [0.1, 0.15) is 22.5 Å². The Bertz CT molecular complexity index is 868. The molecule has 0 saturated heterocycles. The van der Waals surface area contributed by atoms with Gasteiger partial charge < -0.3 is 15.1 Å². The number of furan rings is 1. The number of hydrogen-bond donors (Lipinski definition) is 3. The molecule has 0 fully saturated rings. The minimum atomic E-state index is 0. The van der Waals surface area contributed by atoms with Gasteiger partial charge in [-0.25, -0.2) is 4.98 Å². The van der Waals surface area contributed by atoms with Crippen molar-refractivity contribution in [1.82, 2.24) is 25.8 Å². The van der Waals surface area contributed by atoms with Gasteiger partial charge in [0.05, 0.1) is 6.26 Å². The second-order valence-corrected chi connectivity index (χ2v) is 6.50. The molecule has 2 heterocycles. The van der Waals surface area contributed by atoms with Crippen molar-refractivity contribution in [1.29, 1.82) is 0 Å². The van der Waals surface area contributed by atoms with Crippen LogP contribution in [0.5, 0.6) is 0 Å². The maximum atomic E-state index is 5.30. The number of aryl methyl sites for hydroxylation is 2. The van der Waals surface area contributed by atoms with E-state index in [0.29, 0.717) is 24.6 Å². The molecule has 0 amide bonds. The van der Waals surface area contributed by atoms with Crippen molar-refractivity contribution >= 4 is 29.9 Å². The molecule has 0 unspecified atom stereocenters. The summed E-state index contributed by atoms with van der Waals surface area (Å²) in [5.41, 5.74) is 3.93. The van der Waals surface area contributed by atoms with E-state index in [-0.39, 0.29) is 24.0 Å². The molecule has 150 valence electrons. The fraction of sp³-hybridized carbons (Fsp3) is 0.350. The molecule has 3 N–H and O–H groups in total. The summed E-state index contributed by atoms with van der Waals surface area (Å²) in [6, 6.07) is 10.3. The molecule has 0 bridgehead atoms. The Morgan fingerprint density at radius 1 is 1.11 bits per heavy atom. The SMILES string of the molecule is CN=C(NCCc1cc(C)cc(C)c1)NCCc1nc(-c2ccco2)n[nH]1.I. The van der Waals surface area contributed by atoms with Crippen molar-refractivity contribution in [3.63, 3.8) is 0 Å². The lowest BCUT2D eigenvalue weighted by Gasteiger charge is -2.12. The molecule has 8 heteroatoms. The predicted octanol–water partition coefficient (Wildman–Crippen LogP) is 3.25. The summed E-state index contributed by atoms with van der Waals surface area (Å²) in [5.74, 6) is 2.82. The van der Waals surface area contributed by atoms with E-state index < -0.39 is 0 Å². The normalized spacial score (nSPS) is 11.2. The molecule has 0 aliphatic rings. The molecule has 3 aromatic rings. The smallest absolute Gasteiger partial charge is 0.216 e. The average molecular weight is 494 g/mol. The maximum absolute atomic E-state index is 5.30. The third-order valence-electron chi connectivity index (χ3n) is 4.14. The highest BCUT2D eigenvalue weighted by atomic mass is 127. The fourth-order valence-corrected chi connectivity index (χ4v) is 2.98. The summed E-state index contributed by atoms with van der Waals surface area (Å²) in [4.78, 5) is 8.70. The number of benzene rings is 1. The van der Waals surface area contributed by atoms with E-state index in [1.807, 2.05) is 12.1 Å². The molecular formula is C20H27IN6O. The largest absolute Gasteiger partial charge is 0.461 e. The van der Waals surface area contributed by atoms with Gasteiger partial charge in [-0.3, -0.25) is 10.1 Å². The molecule has 0 saturated carbocycles. The van der Waals surface area contributed by atoms with Crippen molar-refractivity contribution < 1.29 is 4.42 Å². The lowest BCUT2D eigenvalue weighted by molar-refractivity contribution is 0.577. The highest BCUT2D eigenvalue weighted by Crippen LogP contribution is 2.14. The van der Waals surface area contributed by atoms with Crippen molar-refractivity contribution in [2.45, 2.75) is 26.7 Å². The van der Waals surface area contributed by atoms with Crippen LogP contribution in [-0.4, -0.2) is 41.3 Å². The van der Waals surface area contributed by atoms with Crippen LogP contribution in [0.2, 0.25) is 0 Å².